The van der Waals surface area contributed by atoms with Crippen molar-refractivity contribution in [2.75, 3.05) is 23.7 Å². The van der Waals surface area contributed by atoms with Crippen LogP contribution in [-0.4, -0.2) is 47.2 Å². The molecule has 0 aliphatic carbocycles. The average molecular weight is 472 g/mol. The molecule has 3 aromatic rings. The van der Waals surface area contributed by atoms with E-state index in [0.29, 0.717) is 13.1 Å². The molecule has 1 aliphatic heterocycles. The molecule has 2 N–H and O–H groups in total. The number of carbonyl (C=O) groups excluding carboxylic acids is 2. The molecule has 2 amide bonds. The van der Waals surface area contributed by atoms with Crippen LogP contribution < -0.4 is 10.6 Å². The Hall–Kier alpha value is -3.57. The Morgan fingerprint density at radius 2 is 1.73 bits per heavy atom. The first-order chi connectivity index (χ1) is 15.8. The van der Waals surface area contributed by atoms with E-state index in [1.807, 2.05) is 0 Å². The number of aryl methyl sites for hydroxylation is 1. The number of anilines is 2. The molecule has 0 unspecified atom stereocenters. The number of carbonyl (C=O) groups is 2. The molecule has 3 heterocycles. The van der Waals surface area contributed by atoms with Gasteiger partial charge in [-0.3, -0.25) is 14.6 Å². The predicted octanol–water partition coefficient (Wildman–Crippen LogP) is 2.85. The van der Waals surface area contributed by atoms with E-state index >= 15 is 0 Å². The number of nitrogens with zero attached hydrogens (tertiary/aromatic N) is 3. The van der Waals surface area contributed by atoms with Gasteiger partial charge in [-0.2, -0.15) is 4.31 Å². The van der Waals surface area contributed by atoms with E-state index in [0.717, 1.165) is 25.0 Å². The molecule has 1 aromatic carbocycles. The van der Waals surface area contributed by atoms with Crippen molar-refractivity contribution >= 4 is 33.2 Å². The molecule has 172 valence electrons. The number of halogens is 1. The van der Waals surface area contributed by atoms with E-state index in [2.05, 4.69) is 15.6 Å². The summed E-state index contributed by atoms with van der Waals surface area (Å²) >= 11 is 0. The average Bonchev–Trinajstić information content (AvgIpc) is 3.47. The normalized spacial score (nSPS) is 14.2. The monoisotopic (exact) mass is 471 g/mol. The second-order valence-corrected chi connectivity index (χ2v) is 9.53. The Kier molecular flexibility index (Phi) is 6.25. The minimum Gasteiger partial charge on any atom is -0.345 e. The van der Waals surface area contributed by atoms with E-state index in [9.17, 15) is 22.4 Å². The first-order valence-corrected chi connectivity index (χ1v) is 11.7. The van der Waals surface area contributed by atoms with Crippen molar-refractivity contribution in [3.63, 3.8) is 0 Å². The first-order valence-electron chi connectivity index (χ1n) is 10.3. The number of sulfonamides is 1. The van der Waals surface area contributed by atoms with E-state index < -0.39 is 27.7 Å². The number of amides is 2. The molecule has 0 saturated carbocycles. The summed E-state index contributed by atoms with van der Waals surface area (Å²) in [5.74, 6) is -1.81. The lowest BCUT2D eigenvalue weighted by Crippen LogP contribution is -2.27. The second-order valence-electron chi connectivity index (χ2n) is 7.60. The summed E-state index contributed by atoms with van der Waals surface area (Å²) in [6, 6.07) is 9.65. The summed E-state index contributed by atoms with van der Waals surface area (Å²) in [7, 11) is -2.15. The van der Waals surface area contributed by atoms with Crippen molar-refractivity contribution in [3.05, 3.63) is 72.1 Å². The van der Waals surface area contributed by atoms with E-state index in [1.165, 1.54) is 39.5 Å². The highest BCUT2D eigenvalue weighted by atomic mass is 32.2. The maximum absolute atomic E-state index is 13.9. The zero-order valence-corrected chi connectivity index (χ0v) is 18.6. The molecule has 2 aromatic heterocycles. The third kappa shape index (κ3) is 4.78. The van der Waals surface area contributed by atoms with Gasteiger partial charge in [0, 0.05) is 32.5 Å². The van der Waals surface area contributed by atoms with E-state index in [-0.39, 0.29) is 27.7 Å². The van der Waals surface area contributed by atoms with Gasteiger partial charge in [-0.05, 0) is 49.2 Å². The van der Waals surface area contributed by atoms with Gasteiger partial charge in [-0.15, -0.1) is 0 Å². The van der Waals surface area contributed by atoms with Gasteiger partial charge in [0.05, 0.1) is 11.4 Å². The van der Waals surface area contributed by atoms with Gasteiger partial charge in [0.25, 0.3) is 11.8 Å². The molecule has 1 aliphatic rings. The first kappa shape index (κ1) is 22.6. The fraction of sp³-hybridized carbons (Fsp3) is 0.227. The lowest BCUT2D eigenvalue weighted by atomic mass is 10.2. The molecule has 0 atom stereocenters. The molecule has 9 nitrogen and oxygen atoms in total. The number of aromatic nitrogens is 2. The highest BCUT2D eigenvalue weighted by Crippen LogP contribution is 2.26. The molecule has 1 fully saturated rings. The van der Waals surface area contributed by atoms with Crippen LogP contribution in [0.5, 0.6) is 0 Å². The molecule has 0 bridgehead atoms. The van der Waals surface area contributed by atoms with Crippen LogP contribution in [0.15, 0.2) is 59.8 Å². The van der Waals surface area contributed by atoms with Crippen molar-refractivity contribution in [3.8, 4) is 0 Å². The molecule has 4 rings (SSSR count). The number of rotatable bonds is 6. The van der Waals surface area contributed by atoms with Gasteiger partial charge >= 0.3 is 0 Å². The predicted molar refractivity (Wildman–Crippen MR) is 120 cm³/mol. The lowest BCUT2D eigenvalue weighted by molar-refractivity contribution is 0.101. The molecular weight excluding hydrogens is 449 g/mol. The topological polar surface area (TPSA) is 113 Å². The van der Waals surface area contributed by atoms with Gasteiger partial charge in [0.2, 0.25) is 10.0 Å². The molecule has 0 spiro atoms. The smallest absolute Gasteiger partial charge is 0.274 e. The quantitative estimate of drug-likeness (QED) is 0.574. The third-order valence-corrected chi connectivity index (χ3v) is 7.15. The van der Waals surface area contributed by atoms with Crippen LogP contribution in [0.1, 0.15) is 33.8 Å². The summed E-state index contributed by atoms with van der Waals surface area (Å²) in [6.07, 6.45) is 4.43. The maximum atomic E-state index is 13.9. The summed E-state index contributed by atoms with van der Waals surface area (Å²) in [5, 5.41) is 5.16. The second kappa shape index (κ2) is 9.12. The van der Waals surface area contributed by atoms with Gasteiger partial charge < -0.3 is 15.2 Å². The molecule has 33 heavy (non-hydrogen) atoms. The zero-order valence-electron chi connectivity index (χ0n) is 17.8. The Labute approximate surface area is 190 Å². The Morgan fingerprint density at radius 3 is 2.42 bits per heavy atom. The van der Waals surface area contributed by atoms with Crippen molar-refractivity contribution in [1.29, 1.82) is 0 Å². The summed E-state index contributed by atoms with van der Waals surface area (Å²) in [4.78, 5) is 29.3. The summed E-state index contributed by atoms with van der Waals surface area (Å²) in [5.41, 5.74) is 0.409. The van der Waals surface area contributed by atoms with E-state index in [4.69, 9.17) is 0 Å². The number of nitrogens with one attached hydrogen (secondary N) is 2. The van der Waals surface area contributed by atoms with Gasteiger partial charge in [-0.1, -0.05) is 6.07 Å². The van der Waals surface area contributed by atoms with Gasteiger partial charge in [0.15, 0.2) is 0 Å². The zero-order chi connectivity index (χ0) is 23.6. The Morgan fingerprint density at radius 1 is 1.00 bits per heavy atom. The van der Waals surface area contributed by atoms with Crippen LogP contribution in [-0.2, 0) is 17.1 Å². The molecular formula is C22H22FN5O4S. The third-order valence-electron chi connectivity index (χ3n) is 5.29. The van der Waals surface area contributed by atoms with Crippen LogP contribution in [0.3, 0.4) is 0 Å². The van der Waals surface area contributed by atoms with Crippen LogP contribution in [0, 0.1) is 5.82 Å². The summed E-state index contributed by atoms with van der Waals surface area (Å²) in [6.45, 7) is 0.892. The SMILES string of the molecule is Cn1cc(S(=O)(=O)N2CCCC2)cc1C(=O)Nc1cc(F)ccc1NC(=O)c1ccccn1. The molecule has 11 heteroatoms. The van der Waals surface area contributed by atoms with Crippen LogP contribution in [0.25, 0.3) is 0 Å². The van der Waals surface area contributed by atoms with Gasteiger partial charge in [-0.25, -0.2) is 12.8 Å². The summed E-state index contributed by atoms with van der Waals surface area (Å²) < 4.78 is 42.3. The minimum atomic E-state index is -3.70. The van der Waals surface area contributed by atoms with Crippen LogP contribution in [0.4, 0.5) is 15.8 Å². The number of hydrogen-bond acceptors (Lipinski definition) is 5. The van der Waals surface area contributed by atoms with E-state index in [1.54, 1.807) is 19.2 Å². The Bertz CT molecular complexity index is 1300. The molecule has 1 saturated heterocycles. The highest BCUT2D eigenvalue weighted by Gasteiger charge is 2.29. The van der Waals surface area contributed by atoms with Crippen LogP contribution >= 0.6 is 0 Å². The van der Waals surface area contributed by atoms with Gasteiger partial charge in [0.1, 0.15) is 22.1 Å². The maximum Gasteiger partial charge on any atom is 0.274 e. The lowest BCUT2D eigenvalue weighted by Gasteiger charge is -2.13. The minimum absolute atomic E-state index is 0.0139. The van der Waals surface area contributed by atoms with Crippen molar-refractivity contribution in [1.82, 2.24) is 13.9 Å². The fourth-order valence-electron chi connectivity index (χ4n) is 3.58. The van der Waals surface area contributed by atoms with Crippen molar-refractivity contribution in [2.24, 2.45) is 7.05 Å². The van der Waals surface area contributed by atoms with Crippen molar-refractivity contribution < 1.29 is 22.4 Å². The Balaban J connectivity index is 1.57. The molecule has 0 radical (unpaired) electrons. The largest absolute Gasteiger partial charge is 0.345 e. The standard InChI is InChI=1S/C22H22FN5O4S/c1-27-14-16(33(31,32)28-10-4-5-11-28)13-20(27)22(30)26-19-12-15(23)7-8-17(19)25-21(29)18-6-2-3-9-24-18/h2-3,6-9,12-14H,4-5,10-11H2,1H3,(H,25,29)(H,26,30). The van der Waals surface area contributed by atoms with Crippen molar-refractivity contribution in [2.45, 2.75) is 17.7 Å². The van der Waals surface area contributed by atoms with Crippen LogP contribution in [0.2, 0.25) is 0 Å². The number of hydrogen-bond donors (Lipinski definition) is 2. The fourth-order valence-corrected chi connectivity index (χ4v) is 5.17. The highest BCUT2D eigenvalue weighted by molar-refractivity contribution is 7.89. The number of pyridine rings is 1. The number of benzene rings is 1.